The second kappa shape index (κ2) is 5.07. The van der Waals surface area contributed by atoms with Gasteiger partial charge in [0.2, 0.25) is 0 Å². The number of nitrogens with zero attached hydrogens (tertiary/aromatic N) is 1. The molecule has 0 saturated heterocycles. The van der Waals surface area contributed by atoms with Crippen LogP contribution in [0.5, 0.6) is 0 Å². The van der Waals surface area contributed by atoms with Gasteiger partial charge >= 0.3 is 5.97 Å². The van der Waals surface area contributed by atoms with E-state index in [0.717, 1.165) is 25.8 Å². The van der Waals surface area contributed by atoms with Crippen molar-refractivity contribution in [3.05, 3.63) is 30.1 Å². The van der Waals surface area contributed by atoms with Gasteiger partial charge in [-0.25, -0.2) is 0 Å². The summed E-state index contributed by atoms with van der Waals surface area (Å²) in [7, 11) is 0. The average molecular weight is 220 g/mol. The summed E-state index contributed by atoms with van der Waals surface area (Å²) in [5.41, 5.74) is 1.18. The highest BCUT2D eigenvalue weighted by Gasteiger charge is 2.35. The van der Waals surface area contributed by atoms with Gasteiger partial charge in [-0.3, -0.25) is 9.78 Å². The molecule has 0 amide bonds. The first kappa shape index (κ1) is 11.1. The fraction of sp³-hybridized carbons (Fsp3) is 0.500. The van der Waals surface area contributed by atoms with Crippen LogP contribution in [0, 0.1) is 5.92 Å². The summed E-state index contributed by atoms with van der Waals surface area (Å²) >= 11 is 0. The van der Waals surface area contributed by atoms with Crippen LogP contribution in [-0.2, 0) is 11.2 Å². The van der Waals surface area contributed by atoms with E-state index in [1.807, 2.05) is 18.3 Å². The van der Waals surface area contributed by atoms with Crippen molar-refractivity contribution in [3.63, 3.8) is 0 Å². The molecule has 1 aromatic rings. The number of nitrogens with one attached hydrogen (secondary N) is 1. The lowest BCUT2D eigenvalue weighted by Gasteiger charge is -2.34. The average Bonchev–Trinajstić information content (AvgIpc) is 2.23. The van der Waals surface area contributed by atoms with Crippen LogP contribution in [0.1, 0.15) is 18.4 Å². The summed E-state index contributed by atoms with van der Waals surface area (Å²) in [5, 5.41) is 12.2. The number of carboxylic acid groups (broad SMARTS) is 1. The zero-order valence-electron chi connectivity index (χ0n) is 9.10. The number of aliphatic carboxylic acids is 1. The summed E-state index contributed by atoms with van der Waals surface area (Å²) in [5.74, 6) is -0.862. The first-order valence-electron chi connectivity index (χ1n) is 5.62. The fourth-order valence-electron chi connectivity index (χ4n) is 1.99. The van der Waals surface area contributed by atoms with E-state index in [4.69, 9.17) is 5.11 Å². The second-order valence-electron chi connectivity index (χ2n) is 4.19. The maximum absolute atomic E-state index is 10.8. The number of carbonyl (C=O) groups is 1. The minimum absolute atomic E-state index is 0.161. The highest BCUT2D eigenvalue weighted by atomic mass is 16.4. The lowest BCUT2D eigenvalue weighted by atomic mass is 9.79. The van der Waals surface area contributed by atoms with Crippen molar-refractivity contribution in [2.75, 3.05) is 6.54 Å². The van der Waals surface area contributed by atoms with Crippen molar-refractivity contribution in [2.45, 2.75) is 25.3 Å². The third kappa shape index (κ3) is 2.58. The van der Waals surface area contributed by atoms with E-state index in [0.29, 0.717) is 0 Å². The zero-order valence-corrected chi connectivity index (χ0v) is 9.10. The zero-order chi connectivity index (χ0) is 11.4. The van der Waals surface area contributed by atoms with E-state index < -0.39 is 5.97 Å². The molecule has 1 heterocycles. The Kier molecular flexibility index (Phi) is 3.51. The quantitative estimate of drug-likeness (QED) is 0.779. The first-order valence-corrected chi connectivity index (χ1v) is 5.62. The number of aromatic nitrogens is 1. The summed E-state index contributed by atoms with van der Waals surface area (Å²) in [6.07, 6.45) is 6.28. The number of rotatable bonds is 5. The normalized spacial score (nSPS) is 23.8. The molecule has 16 heavy (non-hydrogen) atoms. The standard InChI is InChI=1S/C12H16N2O2/c15-12(16)10-3-4-11(10)14-7-5-9-2-1-6-13-8-9/h1-2,6,8,10-11,14H,3-5,7H2,(H,15,16). The van der Waals surface area contributed by atoms with Crippen molar-refractivity contribution in [1.82, 2.24) is 10.3 Å². The topological polar surface area (TPSA) is 62.2 Å². The minimum atomic E-state index is -0.676. The Labute approximate surface area is 94.7 Å². The molecule has 1 saturated carbocycles. The van der Waals surface area contributed by atoms with Gasteiger partial charge in [0.1, 0.15) is 0 Å². The fourth-order valence-corrected chi connectivity index (χ4v) is 1.99. The minimum Gasteiger partial charge on any atom is -0.481 e. The van der Waals surface area contributed by atoms with Gasteiger partial charge in [0.25, 0.3) is 0 Å². The largest absolute Gasteiger partial charge is 0.481 e. The molecule has 1 aliphatic rings. The lowest BCUT2D eigenvalue weighted by Crippen LogP contribution is -2.48. The molecule has 0 aromatic carbocycles. The van der Waals surface area contributed by atoms with Gasteiger partial charge < -0.3 is 10.4 Å². The van der Waals surface area contributed by atoms with Crippen LogP contribution in [0.15, 0.2) is 24.5 Å². The van der Waals surface area contributed by atoms with E-state index >= 15 is 0 Å². The first-order chi connectivity index (χ1) is 7.77. The Hall–Kier alpha value is -1.42. The molecule has 1 aromatic heterocycles. The van der Waals surface area contributed by atoms with Gasteiger partial charge in [-0.1, -0.05) is 6.07 Å². The molecule has 0 radical (unpaired) electrons. The van der Waals surface area contributed by atoms with Crippen molar-refractivity contribution < 1.29 is 9.90 Å². The lowest BCUT2D eigenvalue weighted by molar-refractivity contribution is -0.146. The van der Waals surface area contributed by atoms with Crippen LogP contribution in [-0.4, -0.2) is 28.6 Å². The highest BCUT2D eigenvalue weighted by Crippen LogP contribution is 2.27. The molecule has 4 nitrogen and oxygen atoms in total. The Morgan fingerprint density at radius 2 is 2.44 bits per heavy atom. The molecule has 2 unspecified atom stereocenters. The van der Waals surface area contributed by atoms with Gasteiger partial charge in [-0.2, -0.15) is 0 Å². The molecular formula is C12H16N2O2. The predicted octanol–water partition coefficient (Wildman–Crippen LogP) is 1.08. The number of hydrogen-bond acceptors (Lipinski definition) is 3. The van der Waals surface area contributed by atoms with Crippen LogP contribution in [0.2, 0.25) is 0 Å². The molecule has 2 rings (SSSR count). The number of pyridine rings is 1. The van der Waals surface area contributed by atoms with Crippen LogP contribution >= 0.6 is 0 Å². The Morgan fingerprint density at radius 1 is 1.56 bits per heavy atom. The molecule has 0 aliphatic heterocycles. The molecule has 1 aliphatic carbocycles. The molecule has 86 valence electrons. The van der Waals surface area contributed by atoms with Gasteiger partial charge in [0.05, 0.1) is 5.92 Å². The second-order valence-corrected chi connectivity index (χ2v) is 4.19. The third-order valence-corrected chi connectivity index (χ3v) is 3.13. The Morgan fingerprint density at radius 3 is 3.00 bits per heavy atom. The van der Waals surface area contributed by atoms with Crippen molar-refractivity contribution >= 4 is 5.97 Å². The summed E-state index contributed by atoms with van der Waals surface area (Å²) < 4.78 is 0. The van der Waals surface area contributed by atoms with Crippen molar-refractivity contribution in [3.8, 4) is 0 Å². The summed E-state index contributed by atoms with van der Waals surface area (Å²) in [6.45, 7) is 0.820. The molecule has 2 atom stereocenters. The van der Waals surface area contributed by atoms with Crippen LogP contribution in [0.4, 0.5) is 0 Å². The number of hydrogen-bond donors (Lipinski definition) is 2. The summed E-state index contributed by atoms with van der Waals surface area (Å²) in [4.78, 5) is 14.8. The molecule has 2 N–H and O–H groups in total. The van der Waals surface area contributed by atoms with Gasteiger partial charge in [0.15, 0.2) is 0 Å². The smallest absolute Gasteiger partial charge is 0.308 e. The number of carboxylic acids is 1. The van der Waals surface area contributed by atoms with E-state index in [1.54, 1.807) is 6.20 Å². The predicted molar refractivity (Wildman–Crippen MR) is 60.1 cm³/mol. The monoisotopic (exact) mass is 220 g/mol. The van der Waals surface area contributed by atoms with E-state index in [-0.39, 0.29) is 12.0 Å². The van der Waals surface area contributed by atoms with Crippen LogP contribution < -0.4 is 5.32 Å². The van der Waals surface area contributed by atoms with Crippen LogP contribution in [0.3, 0.4) is 0 Å². The van der Waals surface area contributed by atoms with Crippen molar-refractivity contribution in [2.24, 2.45) is 5.92 Å². The molecule has 1 fully saturated rings. The maximum atomic E-state index is 10.8. The van der Waals surface area contributed by atoms with Crippen LogP contribution in [0.25, 0.3) is 0 Å². The SMILES string of the molecule is O=C(O)C1CCC1NCCc1cccnc1. The summed E-state index contributed by atoms with van der Waals surface area (Å²) in [6, 6.07) is 4.11. The third-order valence-electron chi connectivity index (χ3n) is 3.13. The molecule has 0 spiro atoms. The van der Waals surface area contributed by atoms with E-state index in [9.17, 15) is 4.79 Å². The molecular weight excluding hydrogens is 204 g/mol. The van der Waals surface area contributed by atoms with Gasteiger partial charge in [-0.05, 0) is 37.4 Å². The van der Waals surface area contributed by atoms with Gasteiger partial charge in [0, 0.05) is 18.4 Å². The maximum Gasteiger partial charge on any atom is 0.308 e. The van der Waals surface area contributed by atoms with Gasteiger partial charge in [-0.15, -0.1) is 0 Å². The van der Waals surface area contributed by atoms with Crippen molar-refractivity contribution in [1.29, 1.82) is 0 Å². The Bertz CT molecular complexity index is 353. The molecule has 0 bridgehead atoms. The van der Waals surface area contributed by atoms with E-state index in [1.165, 1.54) is 5.56 Å². The van der Waals surface area contributed by atoms with E-state index in [2.05, 4.69) is 10.3 Å². The highest BCUT2D eigenvalue weighted by molar-refractivity contribution is 5.72. The molecule has 4 heteroatoms. The Balaban J connectivity index is 1.71.